The van der Waals surface area contributed by atoms with Gasteiger partial charge in [0.05, 0.1) is 17.7 Å². The molecule has 0 saturated carbocycles. The Labute approximate surface area is 129 Å². The molecule has 1 aromatic heterocycles. The number of nitrogens with zero attached hydrogens (tertiary/aromatic N) is 4. The molecule has 2 N–H and O–H groups in total. The van der Waals surface area contributed by atoms with Crippen molar-refractivity contribution in [1.82, 2.24) is 15.3 Å². The largest absolute Gasteiger partial charge is 0.358 e. The second kappa shape index (κ2) is 10.2. The van der Waals surface area contributed by atoms with Crippen molar-refractivity contribution in [3.63, 3.8) is 0 Å². The van der Waals surface area contributed by atoms with E-state index in [1.165, 1.54) is 6.20 Å². The summed E-state index contributed by atoms with van der Waals surface area (Å²) in [6.45, 7) is 1.91. The topological polar surface area (TPSA) is 82.5 Å². The minimum Gasteiger partial charge on any atom is -0.358 e. The summed E-state index contributed by atoms with van der Waals surface area (Å²) in [5, 5.41) is 5.67. The Hall–Kier alpha value is -0.760. The van der Waals surface area contributed by atoms with Crippen molar-refractivity contribution in [3.8, 4) is 0 Å². The molecule has 1 radical (unpaired) electrons. The molecule has 0 saturated heterocycles. The number of anilines is 2. The van der Waals surface area contributed by atoms with Crippen molar-refractivity contribution in [2.24, 2.45) is 5.29 Å². The molecule has 0 aliphatic carbocycles. The van der Waals surface area contributed by atoms with Gasteiger partial charge < -0.3 is 10.2 Å². The third kappa shape index (κ3) is 6.25. The molecule has 0 amide bonds. The van der Waals surface area contributed by atoms with Gasteiger partial charge in [0, 0.05) is 43.1 Å². The average molecular weight is 261 g/mol. The summed E-state index contributed by atoms with van der Waals surface area (Å²) in [7, 11) is 3.89. The van der Waals surface area contributed by atoms with Crippen molar-refractivity contribution in [1.29, 1.82) is 0 Å². The smallest absolute Gasteiger partial charge is 0.169 e. The van der Waals surface area contributed by atoms with Crippen LogP contribution >= 0.6 is 0 Å². The van der Waals surface area contributed by atoms with Gasteiger partial charge in [-0.15, -0.1) is 4.91 Å². The molecule has 0 spiro atoms. The fraction of sp³-hybridized carbons (Fsp3) is 0.600. The van der Waals surface area contributed by atoms with Crippen LogP contribution in [0.1, 0.15) is 12.8 Å². The summed E-state index contributed by atoms with van der Waals surface area (Å²) in [5.74, 6) is 1.09. The third-order valence-electron chi connectivity index (χ3n) is 2.34. The van der Waals surface area contributed by atoms with E-state index in [1.807, 2.05) is 19.0 Å². The molecule has 0 aromatic carbocycles. The quantitative estimate of drug-likeness (QED) is 0.309. The van der Waals surface area contributed by atoms with Gasteiger partial charge in [-0.3, -0.25) is 4.98 Å². The van der Waals surface area contributed by atoms with Crippen LogP contribution in [0.4, 0.5) is 11.6 Å². The van der Waals surface area contributed by atoms with Crippen LogP contribution in [0.2, 0.25) is 0 Å². The molecule has 0 bridgehead atoms. The zero-order chi connectivity index (χ0) is 12.5. The van der Waals surface area contributed by atoms with Gasteiger partial charge in [-0.05, 0) is 26.4 Å². The predicted molar refractivity (Wildman–Crippen MR) is 73.6 cm³/mol. The minimum absolute atomic E-state index is 0. The van der Waals surface area contributed by atoms with Crippen LogP contribution in [0.15, 0.2) is 17.7 Å². The van der Waals surface area contributed by atoms with Crippen LogP contribution in [0.25, 0.3) is 0 Å². The average Bonchev–Trinajstić information content (AvgIpc) is 2.35. The van der Waals surface area contributed by atoms with Crippen LogP contribution in [-0.2, 0) is 0 Å². The number of hydrogen-bond donors (Lipinski definition) is 2. The number of nitrogens with one attached hydrogen (secondary N) is 2. The second-order valence-corrected chi connectivity index (χ2v) is 3.70. The van der Waals surface area contributed by atoms with Gasteiger partial charge in [-0.25, -0.2) is 10.4 Å². The molecule has 7 nitrogen and oxygen atoms in total. The van der Waals surface area contributed by atoms with Gasteiger partial charge in [-0.1, -0.05) is 0 Å². The Morgan fingerprint density at radius 3 is 2.83 bits per heavy atom. The number of hydrogen-bond acceptors (Lipinski definition) is 6. The molecule has 0 atom stereocenters. The molecule has 1 rings (SSSR count). The molecule has 1 aromatic rings. The Morgan fingerprint density at radius 2 is 2.17 bits per heavy atom. The van der Waals surface area contributed by atoms with Gasteiger partial charge in [0.25, 0.3) is 0 Å². The van der Waals surface area contributed by atoms with Crippen LogP contribution in [0, 0.1) is 4.91 Å². The molecular formula is C10H18N6NaO. The third-order valence-corrected chi connectivity index (χ3v) is 2.34. The first-order valence-corrected chi connectivity index (χ1v) is 5.54. The summed E-state index contributed by atoms with van der Waals surface area (Å²) < 4.78 is 0. The molecule has 0 fully saturated rings. The van der Waals surface area contributed by atoms with Gasteiger partial charge in [0.15, 0.2) is 5.82 Å². The van der Waals surface area contributed by atoms with Crippen LogP contribution in [-0.4, -0.2) is 66.7 Å². The van der Waals surface area contributed by atoms with Crippen LogP contribution < -0.4 is 15.6 Å². The zero-order valence-corrected chi connectivity index (χ0v) is 13.2. The van der Waals surface area contributed by atoms with E-state index in [4.69, 9.17) is 0 Å². The van der Waals surface area contributed by atoms with Crippen molar-refractivity contribution >= 4 is 41.2 Å². The fourth-order valence-corrected chi connectivity index (χ4v) is 1.41. The molecule has 0 unspecified atom stereocenters. The molecule has 95 valence electrons. The monoisotopic (exact) mass is 261 g/mol. The number of nitroso groups, excluding NO2 is 1. The summed E-state index contributed by atoms with van der Waals surface area (Å²) >= 11 is 0. The molecule has 0 aliphatic heterocycles. The summed E-state index contributed by atoms with van der Waals surface area (Å²) in [4.78, 5) is 20.2. The molecule has 1 heterocycles. The number of aromatic nitrogens is 2. The van der Waals surface area contributed by atoms with Crippen LogP contribution in [0.3, 0.4) is 0 Å². The SMILES string of the molecule is CNCCCCN(C)c1cncc(NN=O)n1.[Na]. The Morgan fingerprint density at radius 1 is 1.39 bits per heavy atom. The van der Waals surface area contributed by atoms with Gasteiger partial charge in [0.1, 0.15) is 5.82 Å². The van der Waals surface area contributed by atoms with Crippen molar-refractivity contribution < 1.29 is 0 Å². The standard InChI is InChI=1S/C10H18N6O.Na/c1-11-5-3-4-6-16(2)10-8-12-7-9(13-10)14-15-17;/h7-8,11H,3-6H2,1-2H3,(H,13,14,17);. The van der Waals surface area contributed by atoms with E-state index in [0.29, 0.717) is 5.82 Å². The van der Waals surface area contributed by atoms with E-state index in [9.17, 15) is 4.91 Å². The first-order chi connectivity index (χ1) is 8.27. The Balaban J connectivity index is 0.00000289. The fourth-order valence-electron chi connectivity index (χ4n) is 1.41. The van der Waals surface area contributed by atoms with Gasteiger partial charge in [0.2, 0.25) is 0 Å². The van der Waals surface area contributed by atoms with E-state index in [-0.39, 0.29) is 29.6 Å². The van der Waals surface area contributed by atoms with Crippen LogP contribution in [0.5, 0.6) is 0 Å². The van der Waals surface area contributed by atoms with Crippen molar-refractivity contribution in [2.75, 3.05) is 37.5 Å². The Bertz CT molecular complexity index is 351. The maximum absolute atomic E-state index is 10.0. The van der Waals surface area contributed by atoms with Gasteiger partial charge >= 0.3 is 0 Å². The van der Waals surface area contributed by atoms with Crippen molar-refractivity contribution in [3.05, 3.63) is 17.3 Å². The number of unbranched alkanes of at least 4 members (excludes halogenated alkanes) is 1. The summed E-state index contributed by atoms with van der Waals surface area (Å²) in [6.07, 6.45) is 5.30. The van der Waals surface area contributed by atoms with E-state index in [1.54, 1.807) is 6.20 Å². The summed E-state index contributed by atoms with van der Waals surface area (Å²) in [5.41, 5.74) is 2.24. The van der Waals surface area contributed by atoms with E-state index in [2.05, 4.69) is 26.0 Å². The molecule has 18 heavy (non-hydrogen) atoms. The normalized spacial score (nSPS) is 9.44. The Kier molecular flexibility index (Phi) is 9.76. The molecule has 8 heteroatoms. The van der Waals surface area contributed by atoms with Gasteiger partial charge in [-0.2, -0.15) is 0 Å². The summed E-state index contributed by atoms with van der Waals surface area (Å²) in [6, 6.07) is 0. The first-order valence-electron chi connectivity index (χ1n) is 5.54. The maximum atomic E-state index is 10.0. The van der Waals surface area contributed by atoms with E-state index >= 15 is 0 Å². The first kappa shape index (κ1) is 17.2. The molecular weight excluding hydrogens is 243 g/mol. The van der Waals surface area contributed by atoms with E-state index in [0.717, 1.165) is 31.7 Å². The molecule has 0 aliphatic rings. The minimum atomic E-state index is 0. The maximum Gasteiger partial charge on any atom is 0.169 e. The van der Waals surface area contributed by atoms with E-state index < -0.39 is 0 Å². The predicted octanol–water partition coefficient (Wildman–Crippen LogP) is 0.625. The second-order valence-electron chi connectivity index (χ2n) is 3.70. The zero-order valence-electron chi connectivity index (χ0n) is 11.2. The van der Waals surface area contributed by atoms with Crippen molar-refractivity contribution in [2.45, 2.75) is 12.8 Å². The number of rotatable bonds is 8.